The summed E-state index contributed by atoms with van der Waals surface area (Å²) < 4.78 is 5.33. The molecule has 0 spiro atoms. The minimum Gasteiger partial charge on any atom is -0.379 e. The SMILES string of the molecule is Cl.OC1(C#Cc2ccc(C#CCN3CCOCC3)cc2)CCCCC1. The van der Waals surface area contributed by atoms with Gasteiger partial charge in [0.05, 0.1) is 19.8 Å². The van der Waals surface area contributed by atoms with Gasteiger partial charge in [-0.1, -0.05) is 30.1 Å². The number of hydrogen-bond donors (Lipinski definition) is 1. The third kappa shape index (κ3) is 6.38. The van der Waals surface area contributed by atoms with E-state index in [0.29, 0.717) is 0 Å². The summed E-state index contributed by atoms with van der Waals surface area (Å²) in [5, 5.41) is 10.4. The number of nitrogens with zero attached hydrogens (tertiary/aromatic N) is 1. The van der Waals surface area contributed by atoms with E-state index in [0.717, 1.165) is 69.7 Å². The van der Waals surface area contributed by atoms with Gasteiger partial charge >= 0.3 is 0 Å². The van der Waals surface area contributed by atoms with Crippen molar-refractivity contribution in [3.8, 4) is 23.7 Å². The second-order valence-electron chi connectivity index (χ2n) is 6.61. The molecule has 2 aliphatic rings. The van der Waals surface area contributed by atoms with E-state index in [1.165, 1.54) is 6.42 Å². The summed E-state index contributed by atoms with van der Waals surface area (Å²) in [4.78, 5) is 2.31. The zero-order chi connectivity index (χ0) is 16.7. The fourth-order valence-electron chi connectivity index (χ4n) is 3.10. The second kappa shape index (κ2) is 9.85. The summed E-state index contributed by atoms with van der Waals surface area (Å²) >= 11 is 0. The number of halogens is 1. The number of benzene rings is 1. The van der Waals surface area contributed by atoms with Gasteiger partial charge in [0, 0.05) is 24.2 Å². The Morgan fingerprint density at radius 3 is 2.20 bits per heavy atom. The largest absolute Gasteiger partial charge is 0.379 e. The quantitative estimate of drug-likeness (QED) is 0.783. The van der Waals surface area contributed by atoms with Crippen molar-refractivity contribution in [2.45, 2.75) is 37.7 Å². The van der Waals surface area contributed by atoms with Crippen molar-refractivity contribution in [3.05, 3.63) is 35.4 Å². The summed E-state index contributed by atoms with van der Waals surface area (Å²) in [6.45, 7) is 4.33. The summed E-state index contributed by atoms with van der Waals surface area (Å²) in [5.41, 5.74) is 1.16. The lowest BCUT2D eigenvalue weighted by atomic mass is 9.85. The molecule has 1 saturated heterocycles. The summed E-state index contributed by atoms with van der Waals surface area (Å²) in [5.74, 6) is 12.6. The standard InChI is InChI=1S/C21H25NO2.ClH/c23-21(11-2-1-3-12-21)13-10-20-8-6-19(7-9-20)5-4-14-22-15-17-24-18-16-22;/h6-9,23H,1-3,11-12,14-18H2;1H. The molecule has 0 bridgehead atoms. The van der Waals surface area contributed by atoms with Gasteiger partial charge in [0.15, 0.2) is 0 Å². The highest BCUT2D eigenvalue weighted by atomic mass is 35.5. The van der Waals surface area contributed by atoms with Crippen molar-refractivity contribution in [2.75, 3.05) is 32.8 Å². The molecule has 0 unspecified atom stereocenters. The highest BCUT2D eigenvalue weighted by Gasteiger charge is 2.26. The van der Waals surface area contributed by atoms with Crippen LogP contribution >= 0.6 is 12.4 Å². The van der Waals surface area contributed by atoms with E-state index in [4.69, 9.17) is 4.74 Å². The predicted octanol–water partition coefficient (Wildman–Crippen LogP) is 2.84. The number of ether oxygens (including phenoxy) is 1. The number of hydrogen-bond acceptors (Lipinski definition) is 3. The van der Waals surface area contributed by atoms with E-state index >= 15 is 0 Å². The molecule has 25 heavy (non-hydrogen) atoms. The smallest absolute Gasteiger partial charge is 0.125 e. The molecule has 0 amide bonds. The minimum absolute atomic E-state index is 0. The maximum absolute atomic E-state index is 10.4. The first kappa shape index (κ1) is 19.8. The molecule has 1 heterocycles. The van der Waals surface area contributed by atoms with Crippen molar-refractivity contribution < 1.29 is 9.84 Å². The van der Waals surface area contributed by atoms with Crippen molar-refractivity contribution in [1.82, 2.24) is 4.90 Å². The lowest BCUT2D eigenvalue weighted by Crippen LogP contribution is -2.36. The van der Waals surface area contributed by atoms with Gasteiger partial charge in [0.2, 0.25) is 0 Å². The molecule has 1 N–H and O–H groups in total. The Bertz CT molecular complexity index is 651. The Kier molecular flexibility index (Phi) is 7.82. The van der Waals surface area contributed by atoms with Gasteiger partial charge in [-0.2, -0.15) is 0 Å². The summed E-state index contributed by atoms with van der Waals surface area (Å²) in [7, 11) is 0. The molecule has 1 aliphatic heterocycles. The molecular weight excluding hydrogens is 334 g/mol. The number of morpholine rings is 1. The van der Waals surface area contributed by atoms with Crippen LogP contribution in [0.15, 0.2) is 24.3 Å². The Labute approximate surface area is 157 Å². The van der Waals surface area contributed by atoms with Crippen LogP contribution in [0.3, 0.4) is 0 Å². The van der Waals surface area contributed by atoms with Crippen LogP contribution < -0.4 is 0 Å². The summed E-state index contributed by atoms with van der Waals surface area (Å²) in [6.07, 6.45) is 4.95. The molecular formula is C21H26ClNO2. The van der Waals surface area contributed by atoms with Crippen LogP contribution in [-0.2, 0) is 4.74 Å². The first-order valence-electron chi connectivity index (χ1n) is 8.88. The molecule has 1 aromatic rings. The zero-order valence-corrected chi connectivity index (χ0v) is 15.4. The van der Waals surface area contributed by atoms with Gasteiger partial charge < -0.3 is 9.84 Å². The van der Waals surface area contributed by atoms with Crippen LogP contribution in [-0.4, -0.2) is 48.5 Å². The Morgan fingerprint density at radius 1 is 0.960 bits per heavy atom. The van der Waals surface area contributed by atoms with Crippen molar-refractivity contribution in [2.24, 2.45) is 0 Å². The van der Waals surface area contributed by atoms with Crippen LogP contribution in [0.2, 0.25) is 0 Å². The van der Waals surface area contributed by atoms with Crippen LogP contribution in [0, 0.1) is 23.7 Å². The number of rotatable bonds is 1. The molecule has 1 saturated carbocycles. The molecule has 0 aromatic heterocycles. The van der Waals surface area contributed by atoms with Gasteiger partial charge in [0.1, 0.15) is 5.60 Å². The normalized spacial score (nSPS) is 19.6. The molecule has 0 radical (unpaired) electrons. The molecule has 4 heteroatoms. The van der Waals surface area contributed by atoms with Gasteiger partial charge in [-0.25, -0.2) is 0 Å². The maximum Gasteiger partial charge on any atom is 0.125 e. The lowest BCUT2D eigenvalue weighted by Gasteiger charge is -2.26. The highest BCUT2D eigenvalue weighted by molar-refractivity contribution is 5.85. The van der Waals surface area contributed by atoms with E-state index in [1.807, 2.05) is 24.3 Å². The van der Waals surface area contributed by atoms with E-state index in [1.54, 1.807) is 0 Å². The first-order chi connectivity index (χ1) is 11.7. The van der Waals surface area contributed by atoms with Crippen LogP contribution in [0.25, 0.3) is 0 Å². The van der Waals surface area contributed by atoms with Crippen LogP contribution in [0.4, 0.5) is 0 Å². The fraction of sp³-hybridized carbons (Fsp3) is 0.524. The monoisotopic (exact) mass is 359 g/mol. The Balaban J connectivity index is 0.00000225. The predicted molar refractivity (Wildman–Crippen MR) is 103 cm³/mol. The van der Waals surface area contributed by atoms with Crippen LogP contribution in [0.5, 0.6) is 0 Å². The molecule has 3 rings (SSSR count). The molecule has 134 valence electrons. The fourth-order valence-corrected chi connectivity index (χ4v) is 3.10. The maximum atomic E-state index is 10.4. The average Bonchev–Trinajstić information content (AvgIpc) is 2.63. The van der Waals surface area contributed by atoms with Crippen molar-refractivity contribution in [3.63, 3.8) is 0 Å². The summed E-state index contributed by atoms with van der Waals surface area (Å²) in [6, 6.07) is 7.97. The average molecular weight is 360 g/mol. The third-order valence-corrected chi connectivity index (χ3v) is 4.64. The van der Waals surface area contributed by atoms with Crippen molar-refractivity contribution in [1.29, 1.82) is 0 Å². The van der Waals surface area contributed by atoms with E-state index in [9.17, 15) is 5.11 Å². The Hall–Kier alpha value is -1.49. The minimum atomic E-state index is -0.783. The van der Waals surface area contributed by atoms with Gasteiger partial charge in [-0.05, 0) is 49.9 Å². The number of aliphatic hydroxyl groups is 1. The van der Waals surface area contributed by atoms with E-state index in [-0.39, 0.29) is 12.4 Å². The van der Waals surface area contributed by atoms with Crippen molar-refractivity contribution >= 4 is 12.4 Å². The first-order valence-corrected chi connectivity index (χ1v) is 8.88. The highest BCUT2D eigenvalue weighted by Crippen LogP contribution is 2.27. The Morgan fingerprint density at radius 2 is 1.56 bits per heavy atom. The van der Waals surface area contributed by atoms with Gasteiger partial charge in [-0.3, -0.25) is 4.90 Å². The zero-order valence-electron chi connectivity index (χ0n) is 14.6. The van der Waals surface area contributed by atoms with E-state index in [2.05, 4.69) is 28.6 Å². The van der Waals surface area contributed by atoms with Gasteiger partial charge in [0.25, 0.3) is 0 Å². The lowest BCUT2D eigenvalue weighted by molar-refractivity contribution is 0.0443. The van der Waals surface area contributed by atoms with Gasteiger partial charge in [-0.15, -0.1) is 12.4 Å². The molecule has 2 fully saturated rings. The second-order valence-corrected chi connectivity index (χ2v) is 6.61. The topological polar surface area (TPSA) is 32.7 Å². The molecule has 1 aromatic carbocycles. The van der Waals surface area contributed by atoms with E-state index < -0.39 is 5.60 Å². The van der Waals surface area contributed by atoms with Crippen LogP contribution in [0.1, 0.15) is 43.2 Å². The molecule has 0 atom stereocenters. The third-order valence-electron chi connectivity index (χ3n) is 4.64. The molecule has 3 nitrogen and oxygen atoms in total. The molecule has 1 aliphatic carbocycles.